The van der Waals surface area contributed by atoms with Crippen LogP contribution >= 0.6 is 11.3 Å². The average molecular weight is 458 g/mol. The number of amides is 1. The first-order valence-electron chi connectivity index (χ1n) is 8.27. The van der Waals surface area contributed by atoms with Crippen LogP contribution in [0.4, 0.5) is 31.3 Å². The standard InChI is InChI=1S/C17H16F6N2O4S/c1-4-9-8(2)30-13(11(9)14(27)28-3)25-15(16(18,19)20,17(21,22)23)24-12(26)10-6-5-7-29-10/h5-7,25H,4H2,1-3H3,(H,24,26). The van der Waals surface area contributed by atoms with Crippen molar-refractivity contribution < 1.29 is 45.1 Å². The lowest BCUT2D eigenvalue weighted by Gasteiger charge is -2.38. The molecule has 6 nitrogen and oxygen atoms in total. The molecule has 166 valence electrons. The molecule has 0 aliphatic heterocycles. The quantitative estimate of drug-likeness (QED) is 0.374. The second-order valence-electron chi connectivity index (χ2n) is 5.99. The zero-order valence-electron chi connectivity index (χ0n) is 15.7. The van der Waals surface area contributed by atoms with Crippen molar-refractivity contribution in [2.45, 2.75) is 38.3 Å². The van der Waals surface area contributed by atoms with Crippen LogP contribution in [-0.4, -0.2) is 37.0 Å². The summed E-state index contributed by atoms with van der Waals surface area (Å²) in [5.41, 5.74) is -5.15. The van der Waals surface area contributed by atoms with Crippen LogP contribution in [0, 0.1) is 6.92 Å². The summed E-state index contributed by atoms with van der Waals surface area (Å²) in [5, 5.41) is 1.55. The maximum Gasteiger partial charge on any atom is 0.439 e. The molecule has 2 aromatic rings. The number of anilines is 1. The lowest BCUT2D eigenvalue weighted by atomic mass is 10.1. The third kappa shape index (κ3) is 4.11. The van der Waals surface area contributed by atoms with Crippen molar-refractivity contribution in [2.75, 3.05) is 12.4 Å². The number of esters is 1. The number of hydrogen-bond acceptors (Lipinski definition) is 6. The number of carbonyl (C=O) groups excluding carboxylic acids is 2. The van der Waals surface area contributed by atoms with Gasteiger partial charge in [-0.2, -0.15) is 26.3 Å². The molecule has 13 heteroatoms. The van der Waals surface area contributed by atoms with Gasteiger partial charge in [-0.1, -0.05) is 6.92 Å². The van der Waals surface area contributed by atoms with Crippen molar-refractivity contribution >= 4 is 28.2 Å². The van der Waals surface area contributed by atoms with E-state index in [4.69, 9.17) is 0 Å². The first-order chi connectivity index (χ1) is 13.8. The number of nitrogens with one attached hydrogen (secondary N) is 2. The molecule has 30 heavy (non-hydrogen) atoms. The molecule has 0 unspecified atom stereocenters. The van der Waals surface area contributed by atoms with Gasteiger partial charge in [-0.05, 0) is 31.0 Å². The van der Waals surface area contributed by atoms with Gasteiger partial charge >= 0.3 is 24.0 Å². The molecule has 0 saturated carbocycles. The summed E-state index contributed by atoms with van der Waals surface area (Å²) in [6, 6.07) is 2.02. The van der Waals surface area contributed by atoms with E-state index in [1.165, 1.54) is 12.2 Å². The van der Waals surface area contributed by atoms with Crippen molar-refractivity contribution in [3.63, 3.8) is 0 Å². The fourth-order valence-corrected chi connectivity index (χ4v) is 3.88. The van der Waals surface area contributed by atoms with Gasteiger partial charge in [0.25, 0.3) is 5.91 Å². The molecule has 0 spiro atoms. The van der Waals surface area contributed by atoms with Gasteiger partial charge < -0.3 is 19.8 Å². The SMILES string of the molecule is CCc1c(C)sc(NC(NC(=O)c2ccco2)(C(F)(F)F)C(F)(F)F)c1C(=O)OC. The molecule has 0 bridgehead atoms. The molecule has 0 aliphatic rings. The molecule has 0 saturated heterocycles. The Hall–Kier alpha value is -2.70. The second-order valence-corrected chi connectivity index (χ2v) is 7.21. The Balaban J connectivity index is 2.67. The van der Waals surface area contributed by atoms with E-state index in [2.05, 4.69) is 9.15 Å². The van der Waals surface area contributed by atoms with Gasteiger partial charge in [-0.15, -0.1) is 11.3 Å². The molecule has 1 amide bonds. The summed E-state index contributed by atoms with van der Waals surface area (Å²) in [6.45, 7) is 3.01. The number of rotatable bonds is 6. The minimum atomic E-state index is -6.05. The highest BCUT2D eigenvalue weighted by molar-refractivity contribution is 7.16. The number of hydrogen-bond donors (Lipinski definition) is 2. The lowest BCUT2D eigenvalue weighted by molar-refractivity contribution is -0.294. The molecule has 0 aliphatic carbocycles. The number of alkyl halides is 6. The highest BCUT2D eigenvalue weighted by atomic mass is 32.1. The smallest absolute Gasteiger partial charge is 0.439 e. The summed E-state index contributed by atoms with van der Waals surface area (Å²) >= 11 is 0.506. The van der Waals surface area contributed by atoms with E-state index in [1.807, 2.05) is 0 Å². The fraction of sp³-hybridized carbons (Fsp3) is 0.412. The number of halogens is 6. The third-order valence-corrected chi connectivity index (χ3v) is 5.21. The Labute approximate surface area is 170 Å². The van der Waals surface area contributed by atoms with Crippen LogP contribution in [0.1, 0.15) is 38.3 Å². The van der Waals surface area contributed by atoms with Gasteiger partial charge in [0.2, 0.25) is 0 Å². The van der Waals surface area contributed by atoms with Gasteiger partial charge in [-0.3, -0.25) is 4.79 Å². The highest BCUT2D eigenvalue weighted by Crippen LogP contribution is 2.46. The normalized spacial score (nSPS) is 12.6. The van der Waals surface area contributed by atoms with Crippen molar-refractivity contribution in [1.82, 2.24) is 5.32 Å². The topological polar surface area (TPSA) is 80.6 Å². The molecule has 0 fully saturated rings. The second kappa shape index (κ2) is 8.20. The van der Waals surface area contributed by atoms with Gasteiger partial charge in [0.1, 0.15) is 5.00 Å². The van der Waals surface area contributed by atoms with E-state index >= 15 is 0 Å². The Kier molecular flexibility index (Phi) is 6.45. The third-order valence-electron chi connectivity index (χ3n) is 4.15. The molecule has 2 rings (SSSR count). The average Bonchev–Trinajstić information content (AvgIpc) is 3.26. The fourth-order valence-electron chi connectivity index (χ4n) is 2.70. The molecule has 2 aromatic heterocycles. The Morgan fingerprint density at radius 1 is 1.17 bits per heavy atom. The Bertz CT molecular complexity index is 904. The maximum absolute atomic E-state index is 13.8. The summed E-state index contributed by atoms with van der Waals surface area (Å²) in [5.74, 6) is -3.64. The summed E-state index contributed by atoms with van der Waals surface area (Å²) in [6.07, 6.45) is -11.0. The van der Waals surface area contributed by atoms with Gasteiger partial charge in [0.05, 0.1) is 18.9 Å². The number of furan rings is 1. The Morgan fingerprint density at radius 2 is 1.77 bits per heavy atom. The van der Waals surface area contributed by atoms with Gasteiger partial charge in [0, 0.05) is 4.88 Å². The predicted molar refractivity (Wildman–Crippen MR) is 94.4 cm³/mol. The van der Waals surface area contributed by atoms with Crippen LogP contribution in [-0.2, 0) is 11.2 Å². The first kappa shape index (κ1) is 23.6. The number of methoxy groups -OCH3 is 1. The van der Waals surface area contributed by atoms with Crippen LogP contribution in [0.2, 0.25) is 0 Å². The lowest BCUT2D eigenvalue weighted by Crippen LogP contribution is -2.72. The van der Waals surface area contributed by atoms with Crippen molar-refractivity contribution in [3.8, 4) is 0 Å². The molecule has 2 N–H and O–H groups in total. The first-order valence-corrected chi connectivity index (χ1v) is 9.09. The molecule has 0 atom stereocenters. The van der Waals surface area contributed by atoms with E-state index in [1.54, 1.807) is 6.92 Å². The van der Waals surface area contributed by atoms with Crippen LogP contribution in [0.5, 0.6) is 0 Å². The zero-order chi connectivity index (χ0) is 22.9. The minimum Gasteiger partial charge on any atom is -0.465 e. The minimum absolute atomic E-state index is 0.151. The molecular formula is C17H16F6N2O4S. The summed E-state index contributed by atoms with van der Waals surface area (Å²) in [4.78, 5) is 24.5. The van der Waals surface area contributed by atoms with Gasteiger partial charge in [0.15, 0.2) is 5.76 Å². The largest absolute Gasteiger partial charge is 0.465 e. The number of ether oxygens (including phenoxy) is 1. The van der Waals surface area contributed by atoms with E-state index in [9.17, 15) is 35.9 Å². The highest BCUT2D eigenvalue weighted by Gasteiger charge is 2.73. The van der Waals surface area contributed by atoms with Crippen LogP contribution in [0.3, 0.4) is 0 Å². The monoisotopic (exact) mass is 458 g/mol. The zero-order valence-corrected chi connectivity index (χ0v) is 16.6. The van der Waals surface area contributed by atoms with Crippen molar-refractivity contribution in [2.24, 2.45) is 0 Å². The summed E-state index contributed by atoms with van der Waals surface area (Å²) < 4.78 is 92.1. The maximum atomic E-state index is 13.8. The van der Waals surface area contributed by atoms with Crippen molar-refractivity contribution in [1.29, 1.82) is 0 Å². The van der Waals surface area contributed by atoms with E-state index in [0.29, 0.717) is 16.2 Å². The van der Waals surface area contributed by atoms with Crippen LogP contribution in [0.15, 0.2) is 22.8 Å². The number of thiophene rings is 1. The Morgan fingerprint density at radius 3 is 2.20 bits per heavy atom. The van der Waals surface area contributed by atoms with Crippen LogP contribution < -0.4 is 10.6 Å². The van der Waals surface area contributed by atoms with E-state index in [-0.39, 0.29) is 12.0 Å². The summed E-state index contributed by atoms with van der Waals surface area (Å²) in [7, 11) is 0.942. The molecule has 2 heterocycles. The number of carbonyl (C=O) groups is 2. The van der Waals surface area contributed by atoms with E-state index < -0.39 is 46.2 Å². The van der Waals surface area contributed by atoms with E-state index in [0.717, 1.165) is 30.8 Å². The van der Waals surface area contributed by atoms with Crippen molar-refractivity contribution in [3.05, 3.63) is 40.2 Å². The predicted octanol–water partition coefficient (Wildman–Crippen LogP) is 4.66. The molecule has 0 aromatic carbocycles. The number of aryl methyl sites for hydroxylation is 1. The van der Waals surface area contributed by atoms with Gasteiger partial charge in [-0.25, -0.2) is 4.79 Å². The molecule has 0 radical (unpaired) electrons. The van der Waals surface area contributed by atoms with Crippen LogP contribution in [0.25, 0.3) is 0 Å². The molecular weight excluding hydrogens is 442 g/mol.